The summed E-state index contributed by atoms with van der Waals surface area (Å²) in [4.78, 5) is 0. The lowest BCUT2D eigenvalue weighted by atomic mass is 10.1. The Bertz CT molecular complexity index is 437. The van der Waals surface area contributed by atoms with Crippen molar-refractivity contribution in [1.29, 1.82) is 0 Å². The Morgan fingerprint density at radius 1 is 1.24 bits per heavy atom. The number of benzene rings is 1. The van der Waals surface area contributed by atoms with E-state index in [9.17, 15) is 12.3 Å². The van der Waals surface area contributed by atoms with Gasteiger partial charge in [-0.1, -0.05) is 26.0 Å². The molecule has 0 saturated heterocycles. The SMILES string of the molecule is CC(C)CCOc1ccc(CS(=O)(=O)F)cc1. The van der Waals surface area contributed by atoms with Crippen LogP contribution in [0.3, 0.4) is 0 Å². The van der Waals surface area contributed by atoms with Gasteiger partial charge in [0, 0.05) is 0 Å². The summed E-state index contributed by atoms with van der Waals surface area (Å²) in [7, 11) is -4.46. The van der Waals surface area contributed by atoms with Gasteiger partial charge >= 0.3 is 10.2 Å². The van der Waals surface area contributed by atoms with Crippen molar-refractivity contribution in [2.75, 3.05) is 6.61 Å². The van der Waals surface area contributed by atoms with Gasteiger partial charge in [-0.2, -0.15) is 8.42 Å². The quantitative estimate of drug-likeness (QED) is 0.739. The van der Waals surface area contributed by atoms with E-state index in [0.717, 1.165) is 6.42 Å². The maximum Gasteiger partial charge on any atom is 0.306 e. The molecule has 0 aromatic heterocycles. The van der Waals surface area contributed by atoms with Gasteiger partial charge in [-0.15, -0.1) is 3.89 Å². The zero-order valence-electron chi connectivity index (χ0n) is 10.0. The molecule has 0 aliphatic carbocycles. The molecule has 0 bridgehead atoms. The van der Waals surface area contributed by atoms with Gasteiger partial charge in [-0.05, 0) is 30.0 Å². The molecule has 0 heterocycles. The summed E-state index contributed by atoms with van der Waals surface area (Å²) in [5.74, 6) is 0.663. The van der Waals surface area contributed by atoms with Gasteiger partial charge in [0.1, 0.15) is 11.5 Å². The van der Waals surface area contributed by atoms with Crippen LogP contribution < -0.4 is 4.74 Å². The van der Waals surface area contributed by atoms with Crippen molar-refractivity contribution in [2.24, 2.45) is 5.92 Å². The molecule has 17 heavy (non-hydrogen) atoms. The molecule has 0 aliphatic rings. The largest absolute Gasteiger partial charge is 0.494 e. The Balaban J connectivity index is 2.50. The Morgan fingerprint density at radius 3 is 2.29 bits per heavy atom. The normalized spacial score (nSPS) is 11.8. The van der Waals surface area contributed by atoms with E-state index in [2.05, 4.69) is 13.8 Å². The highest BCUT2D eigenvalue weighted by Gasteiger charge is 2.08. The first-order valence-electron chi connectivity index (χ1n) is 5.51. The molecule has 3 nitrogen and oxygen atoms in total. The Labute approximate surface area is 102 Å². The summed E-state index contributed by atoms with van der Waals surface area (Å²) >= 11 is 0. The third-order valence-electron chi connectivity index (χ3n) is 2.23. The van der Waals surface area contributed by atoms with Crippen LogP contribution in [0.1, 0.15) is 25.8 Å². The molecule has 0 unspecified atom stereocenters. The molecule has 0 saturated carbocycles. The van der Waals surface area contributed by atoms with Crippen LogP contribution in [-0.2, 0) is 16.0 Å². The van der Waals surface area contributed by atoms with Crippen molar-refractivity contribution in [3.8, 4) is 5.75 Å². The molecule has 0 amide bonds. The molecule has 5 heteroatoms. The van der Waals surface area contributed by atoms with Crippen molar-refractivity contribution >= 4 is 10.2 Å². The van der Waals surface area contributed by atoms with E-state index in [-0.39, 0.29) is 0 Å². The monoisotopic (exact) mass is 260 g/mol. The summed E-state index contributed by atoms with van der Waals surface area (Å²) in [6.45, 7) is 4.84. The van der Waals surface area contributed by atoms with Crippen LogP contribution in [0.5, 0.6) is 5.75 Å². The number of rotatable bonds is 6. The second kappa shape index (κ2) is 6.00. The van der Waals surface area contributed by atoms with Crippen LogP contribution in [-0.4, -0.2) is 15.0 Å². The van der Waals surface area contributed by atoms with Crippen LogP contribution in [0, 0.1) is 5.92 Å². The van der Waals surface area contributed by atoms with Crippen LogP contribution >= 0.6 is 0 Å². The van der Waals surface area contributed by atoms with Gasteiger partial charge in [0.25, 0.3) is 0 Å². The summed E-state index contributed by atoms with van der Waals surface area (Å²) in [6, 6.07) is 6.42. The smallest absolute Gasteiger partial charge is 0.306 e. The van der Waals surface area contributed by atoms with Gasteiger partial charge in [-0.25, -0.2) is 0 Å². The highest BCUT2D eigenvalue weighted by molar-refractivity contribution is 7.85. The molecule has 0 spiro atoms. The fraction of sp³-hybridized carbons (Fsp3) is 0.500. The Morgan fingerprint density at radius 2 is 1.82 bits per heavy atom. The van der Waals surface area contributed by atoms with E-state index in [1.165, 1.54) is 0 Å². The summed E-state index contributed by atoms with van der Waals surface area (Å²) in [5.41, 5.74) is 0.420. The minimum atomic E-state index is -4.46. The predicted octanol–water partition coefficient (Wildman–Crippen LogP) is 2.91. The number of ether oxygens (including phenoxy) is 1. The van der Waals surface area contributed by atoms with Gasteiger partial charge in [0.05, 0.1) is 6.61 Å². The summed E-state index contributed by atoms with van der Waals surface area (Å²) < 4.78 is 38.7. The highest BCUT2D eigenvalue weighted by atomic mass is 32.3. The molecule has 0 aliphatic heterocycles. The average molecular weight is 260 g/mol. The van der Waals surface area contributed by atoms with Crippen molar-refractivity contribution in [1.82, 2.24) is 0 Å². The minimum Gasteiger partial charge on any atom is -0.494 e. The van der Waals surface area contributed by atoms with E-state index < -0.39 is 16.0 Å². The standard InChI is InChI=1S/C12H17FO3S/c1-10(2)7-8-16-12-5-3-11(4-6-12)9-17(13,14)15/h3-6,10H,7-9H2,1-2H3. The lowest BCUT2D eigenvalue weighted by molar-refractivity contribution is 0.289. The maximum atomic E-state index is 12.4. The molecule has 1 aromatic carbocycles. The molecular formula is C12H17FO3S. The van der Waals surface area contributed by atoms with Crippen LogP contribution in [0.2, 0.25) is 0 Å². The second-order valence-corrected chi connectivity index (χ2v) is 5.72. The van der Waals surface area contributed by atoms with Crippen LogP contribution in [0.25, 0.3) is 0 Å². The Kier molecular flexibility index (Phi) is 4.93. The maximum absolute atomic E-state index is 12.4. The third kappa shape index (κ3) is 6.26. The first kappa shape index (κ1) is 14.0. The number of halogens is 1. The fourth-order valence-electron chi connectivity index (χ4n) is 1.29. The van der Waals surface area contributed by atoms with Crippen molar-refractivity contribution in [2.45, 2.75) is 26.0 Å². The summed E-state index contributed by atoms with van der Waals surface area (Å²) in [6.07, 6.45) is 0.959. The topological polar surface area (TPSA) is 43.4 Å². The lowest BCUT2D eigenvalue weighted by Crippen LogP contribution is -2.01. The molecule has 0 fully saturated rings. The third-order valence-corrected chi connectivity index (χ3v) is 2.90. The number of hydrogen-bond acceptors (Lipinski definition) is 3. The van der Waals surface area contributed by atoms with E-state index in [4.69, 9.17) is 4.74 Å². The molecule has 96 valence electrons. The molecular weight excluding hydrogens is 243 g/mol. The Hall–Kier alpha value is -1.10. The van der Waals surface area contributed by atoms with Gasteiger partial charge < -0.3 is 4.74 Å². The molecule has 0 radical (unpaired) electrons. The zero-order chi connectivity index (χ0) is 12.9. The second-order valence-electron chi connectivity index (χ2n) is 4.36. The molecule has 0 N–H and O–H groups in total. The average Bonchev–Trinajstić information content (AvgIpc) is 2.18. The van der Waals surface area contributed by atoms with Crippen molar-refractivity contribution in [3.63, 3.8) is 0 Å². The van der Waals surface area contributed by atoms with E-state index >= 15 is 0 Å². The number of hydrogen-bond donors (Lipinski definition) is 0. The molecule has 0 atom stereocenters. The molecule has 1 rings (SSSR count). The van der Waals surface area contributed by atoms with Gasteiger partial charge in [0.2, 0.25) is 0 Å². The zero-order valence-corrected chi connectivity index (χ0v) is 10.8. The minimum absolute atomic E-state index is 0.420. The van der Waals surface area contributed by atoms with Gasteiger partial charge in [0.15, 0.2) is 0 Å². The first-order valence-corrected chi connectivity index (χ1v) is 7.06. The van der Waals surface area contributed by atoms with E-state index in [1.54, 1.807) is 24.3 Å². The summed E-state index contributed by atoms with van der Waals surface area (Å²) in [5, 5.41) is 0. The van der Waals surface area contributed by atoms with E-state index in [1.807, 2.05) is 0 Å². The van der Waals surface area contributed by atoms with Gasteiger partial charge in [-0.3, -0.25) is 0 Å². The molecule has 1 aromatic rings. The van der Waals surface area contributed by atoms with Crippen molar-refractivity contribution in [3.05, 3.63) is 29.8 Å². The van der Waals surface area contributed by atoms with Crippen LogP contribution in [0.15, 0.2) is 24.3 Å². The first-order chi connectivity index (χ1) is 7.87. The lowest BCUT2D eigenvalue weighted by Gasteiger charge is -2.08. The highest BCUT2D eigenvalue weighted by Crippen LogP contribution is 2.15. The predicted molar refractivity (Wildman–Crippen MR) is 65.1 cm³/mol. The van der Waals surface area contributed by atoms with E-state index in [0.29, 0.717) is 23.8 Å². The van der Waals surface area contributed by atoms with Crippen molar-refractivity contribution < 1.29 is 17.0 Å². The van der Waals surface area contributed by atoms with Crippen LogP contribution in [0.4, 0.5) is 3.89 Å². The fourth-order valence-corrected chi connectivity index (χ4v) is 1.88.